The number of thiazole rings is 1. The van der Waals surface area contributed by atoms with Crippen LogP contribution in [0.15, 0.2) is 5.38 Å². The Morgan fingerprint density at radius 2 is 2.33 bits per heavy atom. The molecule has 2 nitrogen and oxygen atoms in total. The molecule has 0 aliphatic heterocycles. The first-order valence-electron chi connectivity index (χ1n) is 4.38. The van der Waals surface area contributed by atoms with Gasteiger partial charge in [0.15, 0.2) is 0 Å². The third kappa shape index (κ3) is 2.57. The van der Waals surface area contributed by atoms with Crippen molar-refractivity contribution in [2.75, 3.05) is 6.54 Å². The molecule has 0 bridgehead atoms. The van der Waals surface area contributed by atoms with E-state index in [1.54, 1.807) is 11.3 Å². The van der Waals surface area contributed by atoms with Gasteiger partial charge in [-0.2, -0.15) is 0 Å². The zero-order chi connectivity index (χ0) is 8.97. The van der Waals surface area contributed by atoms with E-state index in [0.29, 0.717) is 5.92 Å². The highest BCUT2D eigenvalue weighted by Gasteiger charge is 2.04. The summed E-state index contributed by atoms with van der Waals surface area (Å²) >= 11 is 1.75. The summed E-state index contributed by atoms with van der Waals surface area (Å²) in [6, 6.07) is 0. The van der Waals surface area contributed by atoms with Crippen LogP contribution in [-0.2, 0) is 6.42 Å². The van der Waals surface area contributed by atoms with E-state index in [0.717, 1.165) is 19.4 Å². The molecule has 0 saturated carbocycles. The summed E-state index contributed by atoms with van der Waals surface area (Å²) in [5, 5.41) is 3.38. The molecule has 3 heteroatoms. The Kier molecular flexibility index (Phi) is 3.69. The van der Waals surface area contributed by atoms with Gasteiger partial charge in [0.1, 0.15) is 0 Å². The maximum atomic E-state index is 5.42. The molecule has 2 N–H and O–H groups in total. The molecule has 1 heterocycles. The molecule has 68 valence electrons. The van der Waals surface area contributed by atoms with Crippen LogP contribution in [-0.4, -0.2) is 11.5 Å². The minimum Gasteiger partial charge on any atom is -0.330 e. The molecule has 12 heavy (non-hydrogen) atoms. The minimum atomic E-state index is 0.549. The monoisotopic (exact) mass is 184 g/mol. The minimum absolute atomic E-state index is 0.549. The lowest BCUT2D eigenvalue weighted by Gasteiger charge is -1.96. The maximum absolute atomic E-state index is 5.42. The second-order valence-electron chi connectivity index (χ2n) is 3.21. The standard InChI is InChI=1S/C9H16N2S/c1-7(2)8-6-12-9(11-8)4-3-5-10/h6-7H,3-5,10H2,1-2H3. The summed E-state index contributed by atoms with van der Waals surface area (Å²) in [6.45, 7) is 5.10. The van der Waals surface area contributed by atoms with Crippen molar-refractivity contribution in [2.45, 2.75) is 32.6 Å². The Bertz CT molecular complexity index is 230. The van der Waals surface area contributed by atoms with Crippen LogP contribution in [0.3, 0.4) is 0 Å². The molecule has 0 aromatic carbocycles. The molecule has 0 aliphatic rings. The molecule has 0 spiro atoms. The summed E-state index contributed by atoms with van der Waals surface area (Å²) in [7, 11) is 0. The quantitative estimate of drug-likeness (QED) is 0.778. The summed E-state index contributed by atoms with van der Waals surface area (Å²) in [6.07, 6.45) is 2.08. The lowest BCUT2D eigenvalue weighted by molar-refractivity contribution is 0.792. The third-order valence-corrected chi connectivity index (χ3v) is 2.68. The second-order valence-corrected chi connectivity index (χ2v) is 4.16. The molecular weight excluding hydrogens is 168 g/mol. The van der Waals surface area contributed by atoms with Crippen LogP contribution in [0.5, 0.6) is 0 Å². The van der Waals surface area contributed by atoms with Gasteiger partial charge in [-0.05, 0) is 18.9 Å². The van der Waals surface area contributed by atoms with Crippen molar-refractivity contribution < 1.29 is 0 Å². The average molecular weight is 184 g/mol. The number of aryl methyl sites for hydroxylation is 1. The SMILES string of the molecule is CC(C)c1csc(CCCN)n1. The van der Waals surface area contributed by atoms with E-state index in [2.05, 4.69) is 24.2 Å². The highest BCUT2D eigenvalue weighted by atomic mass is 32.1. The highest BCUT2D eigenvalue weighted by Crippen LogP contribution is 2.18. The zero-order valence-electron chi connectivity index (χ0n) is 7.71. The molecule has 0 atom stereocenters. The molecule has 0 radical (unpaired) electrons. The fraction of sp³-hybridized carbons (Fsp3) is 0.667. The predicted octanol–water partition coefficient (Wildman–Crippen LogP) is 2.16. The predicted molar refractivity (Wildman–Crippen MR) is 53.6 cm³/mol. The number of hydrogen-bond acceptors (Lipinski definition) is 3. The lowest BCUT2D eigenvalue weighted by atomic mass is 10.2. The number of hydrogen-bond donors (Lipinski definition) is 1. The zero-order valence-corrected chi connectivity index (χ0v) is 8.53. The summed E-state index contributed by atoms with van der Waals surface area (Å²) in [5.74, 6) is 0.549. The van der Waals surface area contributed by atoms with E-state index >= 15 is 0 Å². The average Bonchev–Trinajstić information content (AvgIpc) is 2.48. The Hall–Kier alpha value is -0.410. The highest BCUT2D eigenvalue weighted by molar-refractivity contribution is 7.09. The Morgan fingerprint density at radius 3 is 2.83 bits per heavy atom. The van der Waals surface area contributed by atoms with E-state index < -0.39 is 0 Å². The first kappa shape index (κ1) is 9.68. The van der Waals surface area contributed by atoms with Crippen LogP contribution in [0.25, 0.3) is 0 Å². The van der Waals surface area contributed by atoms with E-state index in [-0.39, 0.29) is 0 Å². The molecule has 0 unspecified atom stereocenters. The Labute approximate surface area is 77.8 Å². The topological polar surface area (TPSA) is 38.9 Å². The van der Waals surface area contributed by atoms with Gasteiger partial charge in [-0.15, -0.1) is 11.3 Å². The number of rotatable bonds is 4. The van der Waals surface area contributed by atoms with Gasteiger partial charge < -0.3 is 5.73 Å². The largest absolute Gasteiger partial charge is 0.330 e. The van der Waals surface area contributed by atoms with E-state index in [4.69, 9.17) is 5.73 Å². The van der Waals surface area contributed by atoms with Crippen LogP contribution in [0.1, 0.15) is 36.9 Å². The number of aromatic nitrogens is 1. The van der Waals surface area contributed by atoms with Gasteiger partial charge in [0, 0.05) is 11.8 Å². The Balaban J connectivity index is 2.52. The Morgan fingerprint density at radius 1 is 1.58 bits per heavy atom. The molecule has 0 aliphatic carbocycles. The molecular formula is C9H16N2S. The van der Waals surface area contributed by atoms with Crippen molar-refractivity contribution in [3.05, 3.63) is 16.1 Å². The van der Waals surface area contributed by atoms with Gasteiger partial charge in [-0.25, -0.2) is 4.98 Å². The first-order valence-corrected chi connectivity index (χ1v) is 5.26. The molecule has 0 fully saturated rings. The normalized spacial score (nSPS) is 11.0. The fourth-order valence-electron chi connectivity index (χ4n) is 0.958. The van der Waals surface area contributed by atoms with Crippen molar-refractivity contribution in [2.24, 2.45) is 5.73 Å². The van der Waals surface area contributed by atoms with Gasteiger partial charge in [-0.3, -0.25) is 0 Å². The van der Waals surface area contributed by atoms with E-state index in [9.17, 15) is 0 Å². The van der Waals surface area contributed by atoms with Gasteiger partial charge in [0.2, 0.25) is 0 Å². The van der Waals surface area contributed by atoms with Crippen LogP contribution >= 0.6 is 11.3 Å². The van der Waals surface area contributed by atoms with Crippen molar-refractivity contribution in [1.82, 2.24) is 4.98 Å². The van der Waals surface area contributed by atoms with Crippen LogP contribution < -0.4 is 5.73 Å². The van der Waals surface area contributed by atoms with Crippen molar-refractivity contribution in [1.29, 1.82) is 0 Å². The van der Waals surface area contributed by atoms with Gasteiger partial charge in [0.05, 0.1) is 10.7 Å². The van der Waals surface area contributed by atoms with Crippen molar-refractivity contribution in [3.63, 3.8) is 0 Å². The van der Waals surface area contributed by atoms with Crippen molar-refractivity contribution >= 4 is 11.3 Å². The van der Waals surface area contributed by atoms with E-state index in [1.165, 1.54) is 10.7 Å². The molecule has 1 rings (SSSR count). The van der Waals surface area contributed by atoms with Crippen molar-refractivity contribution in [3.8, 4) is 0 Å². The fourth-order valence-corrected chi connectivity index (χ4v) is 1.96. The smallest absolute Gasteiger partial charge is 0.0928 e. The second kappa shape index (κ2) is 4.58. The lowest BCUT2D eigenvalue weighted by Crippen LogP contribution is -2.00. The number of nitrogens with two attached hydrogens (primary N) is 1. The van der Waals surface area contributed by atoms with Crippen LogP contribution in [0, 0.1) is 0 Å². The van der Waals surface area contributed by atoms with Gasteiger partial charge >= 0.3 is 0 Å². The van der Waals surface area contributed by atoms with Gasteiger partial charge in [-0.1, -0.05) is 13.8 Å². The third-order valence-electron chi connectivity index (χ3n) is 1.76. The summed E-state index contributed by atoms with van der Waals surface area (Å²) in [5.41, 5.74) is 6.63. The van der Waals surface area contributed by atoms with Crippen LogP contribution in [0.2, 0.25) is 0 Å². The van der Waals surface area contributed by atoms with Crippen LogP contribution in [0.4, 0.5) is 0 Å². The molecule has 0 amide bonds. The molecule has 0 saturated heterocycles. The van der Waals surface area contributed by atoms with E-state index in [1.807, 2.05) is 0 Å². The molecule has 1 aromatic heterocycles. The van der Waals surface area contributed by atoms with Gasteiger partial charge in [0.25, 0.3) is 0 Å². The summed E-state index contributed by atoms with van der Waals surface area (Å²) < 4.78 is 0. The number of nitrogens with zero attached hydrogens (tertiary/aromatic N) is 1. The summed E-state index contributed by atoms with van der Waals surface area (Å²) in [4.78, 5) is 4.51. The first-order chi connectivity index (χ1) is 5.74. The molecule has 1 aromatic rings. The maximum Gasteiger partial charge on any atom is 0.0928 e.